The van der Waals surface area contributed by atoms with Gasteiger partial charge in [-0.05, 0) is 30.0 Å². The van der Waals surface area contributed by atoms with Crippen molar-refractivity contribution in [3.8, 4) is 17.1 Å². The van der Waals surface area contributed by atoms with Crippen LogP contribution in [-0.2, 0) is 0 Å². The van der Waals surface area contributed by atoms with E-state index in [-0.39, 0.29) is 18.5 Å². The molecule has 128 valence electrons. The number of nitrogen functional groups attached to an aromatic ring is 1. The molecule has 0 amide bonds. The lowest BCUT2D eigenvalue weighted by atomic mass is 10.2. The van der Waals surface area contributed by atoms with Gasteiger partial charge in [-0.15, -0.1) is 0 Å². The number of anilines is 1. The predicted molar refractivity (Wildman–Crippen MR) is 95.5 cm³/mol. The first-order valence-corrected chi connectivity index (χ1v) is 8.42. The summed E-state index contributed by atoms with van der Waals surface area (Å²) in [5.41, 5.74) is 11.7. The van der Waals surface area contributed by atoms with E-state index in [9.17, 15) is 0 Å². The third kappa shape index (κ3) is 4.26. The van der Waals surface area contributed by atoms with Crippen molar-refractivity contribution in [1.82, 2.24) is 24.9 Å². The Bertz CT molecular complexity index is 898. The van der Waals surface area contributed by atoms with Gasteiger partial charge in [0.25, 0.3) is 0 Å². The molecule has 0 radical (unpaired) electrons. The second-order valence-electron chi connectivity index (χ2n) is 4.51. The predicted octanol–water partition coefficient (Wildman–Crippen LogP) is 2.66. The van der Waals surface area contributed by atoms with Crippen molar-refractivity contribution in [3.05, 3.63) is 40.6 Å². The first kappa shape index (κ1) is 17.6. The van der Waals surface area contributed by atoms with E-state index in [2.05, 4.69) is 24.9 Å². The highest BCUT2D eigenvalue weighted by molar-refractivity contribution is 7.99. The largest absolute Gasteiger partial charge is 0.477 e. The average Bonchev–Trinajstić information content (AvgIpc) is 2.58. The minimum atomic E-state index is -0.0351. The van der Waals surface area contributed by atoms with Crippen LogP contribution in [0.25, 0.3) is 11.4 Å². The van der Waals surface area contributed by atoms with Crippen LogP contribution in [0.2, 0.25) is 10.0 Å². The zero-order chi connectivity index (χ0) is 17.8. The molecule has 0 spiro atoms. The summed E-state index contributed by atoms with van der Waals surface area (Å²) in [7, 11) is 0. The van der Waals surface area contributed by atoms with Crippen LogP contribution in [0.15, 0.2) is 40.9 Å². The maximum Gasteiger partial charge on any atom is 0.224 e. The van der Waals surface area contributed by atoms with Gasteiger partial charge in [-0.3, -0.25) is 5.73 Å². The van der Waals surface area contributed by atoms with Crippen LogP contribution in [-0.4, -0.2) is 31.7 Å². The number of halogens is 2. The molecular formula is C14H11Cl2N7OS. The lowest BCUT2D eigenvalue weighted by molar-refractivity contribution is 0.330. The lowest BCUT2D eigenvalue weighted by Gasteiger charge is -2.10. The summed E-state index contributed by atoms with van der Waals surface area (Å²) in [4.78, 5) is 20.8. The summed E-state index contributed by atoms with van der Waals surface area (Å²) in [6.07, 6.45) is 3.24. The zero-order valence-electron chi connectivity index (χ0n) is 12.6. The monoisotopic (exact) mass is 395 g/mol. The molecule has 2 heterocycles. The summed E-state index contributed by atoms with van der Waals surface area (Å²) in [5.74, 6) is 0.674. The van der Waals surface area contributed by atoms with E-state index in [1.807, 2.05) is 0 Å². The zero-order valence-corrected chi connectivity index (χ0v) is 14.9. The Labute approximate surface area is 157 Å². The molecule has 0 unspecified atom stereocenters. The maximum atomic E-state index is 6.26. The Balaban J connectivity index is 2.01. The Morgan fingerprint density at radius 1 is 1.00 bits per heavy atom. The molecule has 2 aromatic heterocycles. The average molecular weight is 396 g/mol. The fourth-order valence-electron chi connectivity index (χ4n) is 1.86. The molecule has 0 saturated heterocycles. The normalized spacial score (nSPS) is 10.7. The Morgan fingerprint density at radius 3 is 2.48 bits per heavy atom. The number of nitrogens with zero attached hydrogens (tertiary/aromatic N) is 5. The molecule has 4 N–H and O–H groups in total. The van der Waals surface area contributed by atoms with Crippen LogP contribution in [0.5, 0.6) is 5.75 Å². The number of benzene rings is 1. The van der Waals surface area contributed by atoms with Crippen LogP contribution in [0.3, 0.4) is 0 Å². The molecule has 0 aliphatic carbocycles. The van der Waals surface area contributed by atoms with Crippen molar-refractivity contribution >= 4 is 40.9 Å². The summed E-state index contributed by atoms with van der Waals surface area (Å²) < 4.78 is 5.27. The third-order valence-corrected chi connectivity index (χ3v) is 4.22. The number of rotatable bonds is 5. The van der Waals surface area contributed by atoms with Gasteiger partial charge in [0.15, 0.2) is 11.0 Å². The van der Waals surface area contributed by atoms with Crippen molar-refractivity contribution in [1.29, 1.82) is 0 Å². The minimum Gasteiger partial charge on any atom is -0.477 e. The van der Waals surface area contributed by atoms with E-state index in [1.54, 1.807) is 24.5 Å². The number of aromatic nitrogens is 5. The molecule has 8 nitrogen and oxygen atoms in total. The summed E-state index contributed by atoms with van der Waals surface area (Å²) >= 11 is 13.5. The third-order valence-electron chi connectivity index (χ3n) is 2.86. The highest BCUT2D eigenvalue weighted by Gasteiger charge is 2.15. The summed E-state index contributed by atoms with van der Waals surface area (Å²) in [5, 5.41) is 1.48. The van der Waals surface area contributed by atoms with E-state index in [4.69, 9.17) is 39.4 Å². The van der Waals surface area contributed by atoms with Crippen molar-refractivity contribution in [2.75, 3.05) is 12.5 Å². The highest BCUT2D eigenvalue weighted by Crippen LogP contribution is 2.36. The molecule has 0 aliphatic rings. The van der Waals surface area contributed by atoms with Crippen molar-refractivity contribution in [2.24, 2.45) is 5.73 Å². The molecule has 0 fully saturated rings. The summed E-state index contributed by atoms with van der Waals surface area (Å²) in [6.45, 7) is -0.0351. The molecule has 0 bridgehead atoms. The van der Waals surface area contributed by atoms with Gasteiger partial charge in [-0.1, -0.05) is 23.2 Å². The van der Waals surface area contributed by atoms with Crippen LogP contribution in [0.1, 0.15) is 0 Å². The quantitative estimate of drug-likeness (QED) is 0.494. The Kier molecular flexibility index (Phi) is 5.49. The van der Waals surface area contributed by atoms with Crippen LogP contribution < -0.4 is 16.2 Å². The molecule has 0 atom stereocenters. The van der Waals surface area contributed by atoms with E-state index in [1.165, 1.54) is 6.07 Å². The van der Waals surface area contributed by atoms with Gasteiger partial charge in [0, 0.05) is 18.0 Å². The topological polar surface area (TPSA) is 126 Å². The fourth-order valence-corrected chi connectivity index (χ4v) is 3.04. The van der Waals surface area contributed by atoms with Gasteiger partial charge in [0.2, 0.25) is 11.1 Å². The molecule has 0 aliphatic heterocycles. The molecule has 0 saturated carbocycles. The molecule has 11 heteroatoms. The standard InChI is InChI=1S/C14H11Cl2N7OS/c15-8-5-9(16)10(24-6-17)4-7(8)11-21-12(18)23-14(22-11)25-13-19-2-1-3-20-13/h1-5H,6,17H2,(H2,18,21,22,23). The number of hydrogen-bond donors (Lipinski definition) is 2. The molecule has 1 aromatic carbocycles. The summed E-state index contributed by atoms with van der Waals surface area (Å²) in [6, 6.07) is 4.83. The Morgan fingerprint density at radius 2 is 1.76 bits per heavy atom. The molecule has 3 rings (SSSR count). The Hall–Kier alpha value is -2.20. The lowest BCUT2D eigenvalue weighted by Crippen LogP contribution is -2.08. The van der Waals surface area contributed by atoms with Crippen LogP contribution in [0.4, 0.5) is 5.95 Å². The van der Waals surface area contributed by atoms with Crippen LogP contribution in [0, 0.1) is 0 Å². The van der Waals surface area contributed by atoms with Gasteiger partial charge in [-0.25, -0.2) is 15.0 Å². The molecular weight excluding hydrogens is 385 g/mol. The second kappa shape index (κ2) is 7.79. The van der Waals surface area contributed by atoms with E-state index >= 15 is 0 Å². The number of nitrogens with two attached hydrogens (primary N) is 2. The van der Waals surface area contributed by atoms with E-state index in [0.29, 0.717) is 31.7 Å². The smallest absolute Gasteiger partial charge is 0.224 e. The minimum absolute atomic E-state index is 0.0351. The van der Waals surface area contributed by atoms with Crippen molar-refractivity contribution in [2.45, 2.75) is 10.3 Å². The van der Waals surface area contributed by atoms with Gasteiger partial charge < -0.3 is 10.5 Å². The first-order valence-electron chi connectivity index (χ1n) is 6.85. The van der Waals surface area contributed by atoms with Crippen molar-refractivity contribution < 1.29 is 4.74 Å². The second-order valence-corrected chi connectivity index (χ2v) is 6.26. The first-order chi connectivity index (χ1) is 12.1. The number of ether oxygens (including phenoxy) is 1. The van der Waals surface area contributed by atoms with E-state index in [0.717, 1.165) is 11.8 Å². The van der Waals surface area contributed by atoms with Gasteiger partial charge in [0.05, 0.1) is 10.0 Å². The van der Waals surface area contributed by atoms with Crippen molar-refractivity contribution in [3.63, 3.8) is 0 Å². The van der Waals surface area contributed by atoms with E-state index < -0.39 is 0 Å². The van der Waals surface area contributed by atoms with Gasteiger partial charge >= 0.3 is 0 Å². The fraction of sp³-hybridized carbons (Fsp3) is 0.0714. The SMILES string of the molecule is NCOc1cc(-c2nc(N)nc(Sc3ncccn3)n2)c(Cl)cc1Cl. The van der Waals surface area contributed by atoms with Gasteiger partial charge in [0.1, 0.15) is 12.5 Å². The maximum absolute atomic E-state index is 6.26. The highest BCUT2D eigenvalue weighted by atomic mass is 35.5. The molecule has 3 aromatic rings. The van der Waals surface area contributed by atoms with Gasteiger partial charge in [-0.2, -0.15) is 9.97 Å². The molecule has 25 heavy (non-hydrogen) atoms. The number of hydrogen-bond acceptors (Lipinski definition) is 9. The van der Waals surface area contributed by atoms with Crippen LogP contribution >= 0.6 is 35.0 Å².